The van der Waals surface area contributed by atoms with Gasteiger partial charge < -0.3 is 16.0 Å². The number of anilines is 1. The highest BCUT2D eigenvalue weighted by molar-refractivity contribution is 6.10. The third-order valence-electron chi connectivity index (χ3n) is 3.87. The lowest BCUT2D eigenvalue weighted by molar-refractivity contribution is -0.125. The summed E-state index contributed by atoms with van der Waals surface area (Å²) in [5, 5.41) is 7.72. The number of hydrogen-bond acceptors (Lipinski definition) is 3. The fourth-order valence-corrected chi connectivity index (χ4v) is 2.55. The van der Waals surface area contributed by atoms with E-state index in [4.69, 9.17) is 0 Å². The molecule has 1 unspecified atom stereocenters. The summed E-state index contributed by atoms with van der Waals surface area (Å²) in [6.45, 7) is 0.00795. The van der Waals surface area contributed by atoms with Crippen molar-refractivity contribution in [3.05, 3.63) is 65.5 Å². The van der Waals surface area contributed by atoms with Gasteiger partial charge in [0.1, 0.15) is 11.9 Å². The molecule has 2 aromatic carbocycles. The maximum absolute atomic E-state index is 13.5. The van der Waals surface area contributed by atoms with Gasteiger partial charge in [-0.2, -0.15) is 0 Å². The Kier molecular flexibility index (Phi) is 4.74. The molecule has 0 aliphatic carbocycles. The number of benzene rings is 2. The molecule has 6 nitrogen and oxygen atoms in total. The Bertz CT molecular complexity index is 838. The Hall–Kier alpha value is -3.22. The second kappa shape index (κ2) is 7.12. The van der Waals surface area contributed by atoms with Gasteiger partial charge in [0.25, 0.3) is 5.91 Å². The predicted octanol–water partition coefficient (Wildman–Crippen LogP) is 1.58. The van der Waals surface area contributed by atoms with Crippen LogP contribution in [0.1, 0.15) is 22.3 Å². The standard InChI is InChI=1S/C18H16FN3O3/c19-13-7-3-1-5-11(13)10-20-16(23)9-15-18(25)21-14-8-4-2-6-12(14)17(24)22-15/h1-8,15H,9-10H2,(H,20,23)(H,21,25)(H,22,24). The highest BCUT2D eigenvalue weighted by atomic mass is 19.1. The van der Waals surface area contributed by atoms with Crippen molar-refractivity contribution in [1.29, 1.82) is 0 Å². The predicted molar refractivity (Wildman–Crippen MR) is 89.2 cm³/mol. The minimum absolute atomic E-state index is 0.00795. The van der Waals surface area contributed by atoms with Crippen molar-refractivity contribution in [2.24, 2.45) is 0 Å². The molecule has 0 aromatic heterocycles. The lowest BCUT2D eigenvalue weighted by atomic mass is 10.1. The molecule has 0 saturated heterocycles. The summed E-state index contributed by atoms with van der Waals surface area (Å²) in [4.78, 5) is 36.5. The SMILES string of the molecule is O=C(CC1NC(=O)c2ccccc2NC1=O)NCc1ccccc1F. The van der Waals surface area contributed by atoms with E-state index in [0.29, 0.717) is 16.8 Å². The quantitative estimate of drug-likeness (QED) is 0.789. The normalized spacial score (nSPS) is 16.3. The van der Waals surface area contributed by atoms with Gasteiger partial charge in [0.2, 0.25) is 11.8 Å². The number of amides is 3. The Labute approximate surface area is 143 Å². The monoisotopic (exact) mass is 341 g/mol. The average Bonchev–Trinajstić information content (AvgIpc) is 2.71. The molecular formula is C18H16FN3O3. The molecule has 1 heterocycles. The molecule has 1 atom stereocenters. The molecule has 0 spiro atoms. The molecular weight excluding hydrogens is 325 g/mol. The average molecular weight is 341 g/mol. The Morgan fingerprint density at radius 3 is 2.60 bits per heavy atom. The number of nitrogens with one attached hydrogen (secondary N) is 3. The van der Waals surface area contributed by atoms with Crippen molar-refractivity contribution in [2.75, 3.05) is 5.32 Å². The summed E-state index contributed by atoms with van der Waals surface area (Å²) in [6.07, 6.45) is -0.236. The molecule has 3 N–H and O–H groups in total. The van der Waals surface area contributed by atoms with Crippen LogP contribution in [0.4, 0.5) is 10.1 Å². The van der Waals surface area contributed by atoms with Crippen molar-refractivity contribution < 1.29 is 18.8 Å². The maximum atomic E-state index is 13.5. The largest absolute Gasteiger partial charge is 0.352 e. The van der Waals surface area contributed by atoms with E-state index in [9.17, 15) is 18.8 Å². The van der Waals surface area contributed by atoms with Gasteiger partial charge in [0, 0.05) is 12.1 Å². The van der Waals surface area contributed by atoms with Crippen LogP contribution in [-0.2, 0) is 16.1 Å². The van der Waals surface area contributed by atoms with Crippen LogP contribution in [0, 0.1) is 5.82 Å². The zero-order valence-electron chi connectivity index (χ0n) is 13.2. The van der Waals surface area contributed by atoms with Crippen molar-refractivity contribution in [2.45, 2.75) is 19.0 Å². The summed E-state index contributed by atoms with van der Waals surface area (Å²) in [5.74, 6) is -1.78. The third kappa shape index (κ3) is 3.82. The molecule has 0 saturated carbocycles. The van der Waals surface area contributed by atoms with Gasteiger partial charge in [0.05, 0.1) is 17.7 Å². The molecule has 128 valence electrons. The summed E-state index contributed by atoms with van der Waals surface area (Å²) >= 11 is 0. The Morgan fingerprint density at radius 1 is 1.08 bits per heavy atom. The van der Waals surface area contributed by atoms with Crippen LogP contribution in [-0.4, -0.2) is 23.8 Å². The lowest BCUT2D eigenvalue weighted by Gasteiger charge is -2.14. The summed E-state index contributed by atoms with van der Waals surface area (Å²) in [7, 11) is 0. The van der Waals surface area contributed by atoms with Crippen LogP contribution in [0.15, 0.2) is 48.5 Å². The van der Waals surface area contributed by atoms with Crippen molar-refractivity contribution in [1.82, 2.24) is 10.6 Å². The first-order valence-electron chi connectivity index (χ1n) is 7.75. The highest BCUT2D eigenvalue weighted by Crippen LogP contribution is 2.18. The molecule has 7 heteroatoms. The van der Waals surface area contributed by atoms with Crippen molar-refractivity contribution in [3.63, 3.8) is 0 Å². The summed E-state index contributed by atoms with van der Waals surface area (Å²) in [5.41, 5.74) is 1.09. The van der Waals surface area contributed by atoms with E-state index in [1.54, 1.807) is 42.5 Å². The fourth-order valence-electron chi connectivity index (χ4n) is 2.55. The molecule has 1 aliphatic rings. The molecule has 0 fully saturated rings. The van der Waals surface area contributed by atoms with Crippen LogP contribution in [0.2, 0.25) is 0 Å². The zero-order valence-corrected chi connectivity index (χ0v) is 13.2. The molecule has 3 amide bonds. The Morgan fingerprint density at radius 2 is 1.80 bits per heavy atom. The topological polar surface area (TPSA) is 87.3 Å². The molecule has 25 heavy (non-hydrogen) atoms. The number of carbonyl (C=O) groups is 3. The van der Waals surface area contributed by atoms with E-state index >= 15 is 0 Å². The number of hydrogen-bond donors (Lipinski definition) is 3. The second-order valence-electron chi connectivity index (χ2n) is 5.63. The zero-order chi connectivity index (χ0) is 17.8. The van der Waals surface area contributed by atoms with E-state index in [1.807, 2.05) is 0 Å². The van der Waals surface area contributed by atoms with Crippen molar-refractivity contribution >= 4 is 23.4 Å². The van der Waals surface area contributed by atoms with Gasteiger partial charge in [-0.05, 0) is 18.2 Å². The fraction of sp³-hybridized carbons (Fsp3) is 0.167. The first-order chi connectivity index (χ1) is 12.0. The van der Waals surface area contributed by atoms with E-state index in [-0.39, 0.29) is 13.0 Å². The molecule has 0 bridgehead atoms. The van der Waals surface area contributed by atoms with Gasteiger partial charge in [-0.15, -0.1) is 0 Å². The highest BCUT2D eigenvalue weighted by Gasteiger charge is 2.29. The molecule has 1 aliphatic heterocycles. The van der Waals surface area contributed by atoms with Gasteiger partial charge in [0.15, 0.2) is 0 Å². The summed E-state index contributed by atoms with van der Waals surface area (Å²) < 4.78 is 13.5. The van der Waals surface area contributed by atoms with Gasteiger partial charge in [-0.1, -0.05) is 30.3 Å². The minimum Gasteiger partial charge on any atom is -0.352 e. The van der Waals surface area contributed by atoms with Crippen molar-refractivity contribution in [3.8, 4) is 0 Å². The molecule has 0 radical (unpaired) electrons. The van der Waals surface area contributed by atoms with Crippen LogP contribution in [0.25, 0.3) is 0 Å². The second-order valence-corrected chi connectivity index (χ2v) is 5.63. The van der Waals surface area contributed by atoms with Crippen LogP contribution >= 0.6 is 0 Å². The molecule has 2 aromatic rings. The lowest BCUT2D eigenvalue weighted by Crippen LogP contribution is -2.44. The maximum Gasteiger partial charge on any atom is 0.254 e. The van der Waals surface area contributed by atoms with E-state index in [1.165, 1.54) is 6.07 Å². The van der Waals surface area contributed by atoms with Crippen LogP contribution in [0.5, 0.6) is 0 Å². The van der Waals surface area contributed by atoms with Gasteiger partial charge >= 0.3 is 0 Å². The van der Waals surface area contributed by atoms with E-state index in [2.05, 4.69) is 16.0 Å². The minimum atomic E-state index is -1.000. The van der Waals surface area contributed by atoms with Crippen LogP contribution in [0.3, 0.4) is 0 Å². The van der Waals surface area contributed by atoms with Gasteiger partial charge in [-0.3, -0.25) is 14.4 Å². The first-order valence-corrected chi connectivity index (χ1v) is 7.75. The number of para-hydroxylation sites is 1. The number of halogens is 1. The summed E-state index contributed by atoms with van der Waals surface area (Å²) in [6, 6.07) is 11.7. The molecule has 3 rings (SSSR count). The number of fused-ring (bicyclic) bond motifs is 1. The first kappa shape index (κ1) is 16.6. The third-order valence-corrected chi connectivity index (χ3v) is 3.87. The van der Waals surface area contributed by atoms with E-state index < -0.39 is 29.6 Å². The smallest absolute Gasteiger partial charge is 0.254 e. The number of rotatable bonds is 4. The van der Waals surface area contributed by atoms with Crippen LogP contribution < -0.4 is 16.0 Å². The van der Waals surface area contributed by atoms with Gasteiger partial charge in [-0.25, -0.2) is 4.39 Å². The van der Waals surface area contributed by atoms with E-state index in [0.717, 1.165) is 0 Å². The Balaban J connectivity index is 1.63. The number of carbonyl (C=O) groups excluding carboxylic acids is 3.